The standard InChI is InChI=1S/C13H14BrNO5/c1-20-11-4-7(14)2-3-9(11)12(17)15-6-8(16)5-10(15)13(18)19/h2-4,8,10,16H,5-6H2,1H3,(H,18,19). The Balaban J connectivity index is 2.33. The first-order valence-electron chi connectivity index (χ1n) is 5.99. The fourth-order valence-electron chi connectivity index (χ4n) is 2.27. The molecule has 0 aliphatic carbocycles. The second-order valence-electron chi connectivity index (χ2n) is 4.55. The van der Waals surface area contributed by atoms with Crippen LogP contribution in [0.15, 0.2) is 22.7 Å². The highest BCUT2D eigenvalue weighted by atomic mass is 79.9. The van der Waals surface area contributed by atoms with Gasteiger partial charge in [-0.1, -0.05) is 15.9 Å². The number of carbonyl (C=O) groups excluding carboxylic acids is 1. The van der Waals surface area contributed by atoms with Gasteiger partial charge in [-0.3, -0.25) is 4.79 Å². The molecule has 1 heterocycles. The Bertz CT molecular complexity index is 548. The lowest BCUT2D eigenvalue weighted by molar-refractivity contribution is -0.141. The van der Waals surface area contributed by atoms with Crippen LogP contribution in [-0.4, -0.2) is 52.8 Å². The Morgan fingerprint density at radius 2 is 2.15 bits per heavy atom. The summed E-state index contributed by atoms with van der Waals surface area (Å²) in [6.45, 7) is 0.00895. The average molecular weight is 344 g/mol. The van der Waals surface area contributed by atoms with E-state index in [9.17, 15) is 14.7 Å². The van der Waals surface area contributed by atoms with Gasteiger partial charge in [0.25, 0.3) is 5.91 Å². The molecule has 1 fully saturated rings. The summed E-state index contributed by atoms with van der Waals surface area (Å²) >= 11 is 3.28. The van der Waals surface area contributed by atoms with Crippen molar-refractivity contribution in [1.29, 1.82) is 0 Å². The minimum atomic E-state index is -1.12. The fourth-order valence-corrected chi connectivity index (χ4v) is 2.61. The first-order valence-corrected chi connectivity index (χ1v) is 6.78. The predicted octanol–water partition coefficient (Wildman–Crippen LogP) is 1.12. The SMILES string of the molecule is COc1cc(Br)ccc1C(=O)N1CC(O)CC1C(=O)O. The number of ether oxygens (including phenoxy) is 1. The Morgan fingerprint density at radius 3 is 2.75 bits per heavy atom. The zero-order valence-electron chi connectivity index (χ0n) is 10.7. The summed E-state index contributed by atoms with van der Waals surface area (Å²) in [5.74, 6) is -1.22. The monoisotopic (exact) mass is 343 g/mol. The Morgan fingerprint density at radius 1 is 1.45 bits per heavy atom. The Labute approximate surface area is 124 Å². The molecule has 1 aliphatic rings. The van der Waals surface area contributed by atoms with Gasteiger partial charge >= 0.3 is 5.97 Å². The largest absolute Gasteiger partial charge is 0.496 e. The van der Waals surface area contributed by atoms with Gasteiger partial charge < -0.3 is 19.8 Å². The van der Waals surface area contributed by atoms with Crippen LogP contribution in [0.3, 0.4) is 0 Å². The maximum absolute atomic E-state index is 12.5. The number of carboxylic acid groups (broad SMARTS) is 1. The number of carbonyl (C=O) groups is 2. The molecule has 108 valence electrons. The lowest BCUT2D eigenvalue weighted by Crippen LogP contribution is -2.40. The van der Waals surface area contributed by atoms with E-state index in [0.717, 1.165) is 4.47 Å². The maximum Gasteiger partial charge on any atom is 0.326 e. The van der Waals surface area contributed by atoms with Crippen LogP contribution in [-0.2, 0) is 4.79 Å². The van der Waals surface area contributed by atoms with Crippen LogP contribution in [0, 0.1) is 0 Å². The molecule has 0 bridgehead atoms. The van der Waals surface area contributed by atoms with Crippen molar-refractivity contribution in [1.82, 2.24) is 4.90 Å². The van der Waals surface area contributed by atoms with Crippen molar-refractivity contribution < 1.29 is 24.5 Å². The molecule has 1 saturated heterocycles. The molecule has 0 spiro atoms. The summed E-state index contributed by atoms with van der Waals surface area (Å²) in [6.07, 6.45) is -0.776. The number of hydrogen-bond donors (Lipinski definition) is 2. The topological polar surface area (TPSA) is 87.1 Å². The van der Waals surface area contributed by atoms with Crippen LogP contribution in [0.25, 0.3) is 0 Å². The van der Waals surface area contributed by atoms with E-state index in [1.54, 1.807) is 18.2 Å². The minimum Gasteiger partial charge on any atom is -0.496 e. The molecule has 2 atom stereocenters. The second kappa shape index (κ2) is 5.80. The molecular formula is C13H14BrNO5. The molecule has 1 amide bonds. The highest BCUT2D eigenvalue weighted by Crippen LogP contribution is 2.28. The minimum absolute atomic E-state index is 0.00895. The van der Waals surface area contributed by atoms with E-state index in [1.165, 1.54) is 12.0 Å². The number of methoxy groups -OCH3 is 1. The number of carboxylic acids is 1. The molecule has 2 unspecified atom stereocenters. The number of aliphatic hydroxyl groups excluding tert-OH is 1. The number of likely N-dealkylation sites (tertiary alicyclic amines) is 1. The summed E-state index contributed by atoms with van der Waals surface area (Å²) < 4.78 is 5.89. The van der Waals surface area contributed by atoms with E-state index in [0.29, 0.717) is 5.75 Å². The molecule has 1 aromatic carbocycles. The lowest BCUT2D eigenvalue weighted by Gasteiger charge is -2.22. The van der Waals surface area contributed by atoms with Crippen molar-refractivity contribution in [2.24, 2.45) is 0 Å². The molecular weight excluding hydrogens is 330 g/mol. The van der Waals surface area contributed by atoms with Crippen molar-refractivity contribution in [2.45, 2.75) is 18.6 Å². The molecule has 2 N–H and O–H groups in total. The maximum atomic E-state index is 12.5. The van der Waals surface area contributed by atoms with Gasteiger partial charge in [0.2, 0.25) is 0 Å². The third-order valence-corrected chi connectivity index (χ3v) is 3.71. The van der Waals surface area contributed by atoms with E-state index in [1.807, 2.05) is 0 Å². The number of β-amino-alcohol motifs (C(OH)–C–C–N with tert-alkyl or cyclic N) is 1. The van der Waals surface area contributed by atoms with Crippen molar-refractivity contribution in [3.8, 4) is 5.75 Å². The Hall–Kier alpha value is -1.60. The normalized spacial score (nSPS) is 21.9. The Kier molecular flexibility index (Phi) is 4.29. The third kappa shape index (κ3) is 2.78. The molecule has 0 radical (unpaired) electrons. The highest BCUT2D eigenvalue weighted by molar-refractivity contribution is 9.10. The number of amides is 1. The second-order valence-corrected chi connectivity index (χ2v) is 5.46. The van der Waals surface area contributed by atoms with Gasteiger partial charge in [-0.25, -0.2) is 4.79 Å². The van der Waals surface area contributed by atoms with Crippen LogP contribution < -0.4 is 4.74 Å². The van der Waals surface area contributed by atoms with E-state index in [2.05, 4.69) is 15.9 Å². The van der Waals surface area contributed by atoms with Crippen molar-refractivity contribution in [2.75, 3.05) is 13.7 Å². The summed E-state index contributed by atoms with van der Waals surface area (Å²) in [4.78, 5) is 24.8. The smallest absolute Gasteiger partial charge is 0.326 e. The molecule has 1 aliphatic heterocycles. The van der Waals surface area contributed by atoms with Crippen LogP contribution >= 0.6 is 15.9 Å². The van der Waals surface area contributed by atoms with Crippen molar-refractivity contribution >= 4 is 27.8 Å². The van der Waals surface area contributed by atoms with Gasteiger partial charge in [-0.15, -0.1) is 0 Å². The van der Waals surface area contributed by atoms with Crippen LogP contribution in [0.4, 0.5) is 0 Å². The molecule has 0 aromatic heterocycles. The number of benzene rings is 1. The van der Waals surface area contributed by atoms with Gasteiger partial charge in [-0.05, 0) is 18.2 Å². The number of hydrogen-bond acceptors (Lipinski definition) is 4. The van der Waals surface area contributed by atoms with E-state index >= 15 is 0 Å². The number of aliphatic hydroxyl groups is 1. The molecule has 2 rings (SSSR count). The first kappa shape index (κ1) is 14.8. The van der Waals surface area contributed by atoms with Crippen LogP contribution in [0.5, 0.6) is 5.75 Å². The van der Waals surface area contributed by atoms with E-state index in [-0.39, 0.29) is 18.5 Å². The molecule has 20 heavy (non-hydrogen) atoms. The zero-order chi connectivity index (χ0) is 14.9. The highest BCUT2D eigenvalue weighted by Gasteiger charge is 2.39. The van der Waals surface area contributed by atoms with Crippen molar-refractivity contribution in [3.63, 3.8) is 0 Å². The third-order valence-electron chi connectivity index (χ3n) is 3.22. The quantitative estimate of drug-likeness (QED) is 0.858. The van der Waals surface area contributed by atoms with Gasteiger partial charge in [-0.2, -0.15) is 0 Å². The van der Waals surface area contributed by atoms with Gasteiger partial charge in [0, 0.05) is 17.4 Å². The first-order chi connectivity index (χ1) is 9.43. The number of rotatable bonds is 3. The van der Waals surface area contributed by atoms with Gasteiger partial charge in [0.05, 0.1) is 18.8 Å². The molecule has 6 nitrogen and oxygen atoms in total. The summed E-state index contributed by atoms with van der Waals surface area (Å²) in [5, 5.41) is 18.7. The summed E-state index contributed by atoms with van der Waals surface area (Å²) in [5.41, 5.74) is 0.274. The zero-order valence-corrected chi connectivity index (χ0v) is 12.3. The summed E-state index contributed by atoms with van der Waals surface area (Å²) in [6, 6.07) is 3.87. The van der Waals surface area contributed by atoms with E-state index in [4.69, 9.17) is 9.84 Å². The van der Waals surface area contributed by atoms with Gasteiger partial charge in [0.1, 0.15) is 11.8 Å². The number of halogens is 1. The van der Waals surface area contributed by atoms with Crippen LogP contribution in [0.1, 0.15) is 16.8 Å². The van der Waals surface area contributed by atoms with Crippen molar-refractivity contribution in [3.05, 3.63) is 28.2 Å². The fraction of sp³-hybridized carbons (Fsp3) is 0.385. The van der Waals surface area contributed by atoms with Gasteiger partial charge in [0.15, 0.2) is 0 Å². The van der Waals surface area contributed by atoms with Crippen LogP contribution in [0.2, 0.25) is 0 Å². The predicted molar refractivity (Wildman–Crippen MR) is 73.8 cm³/mol. The summed E-state index contributed by atoms with van der Waals surface area (Å²) in [7, 11) is 1.44. The molecule has 0 saturated carbocycles. The number of nitrogens with zero attached hydrogens (tertiary/aromatic N) is 1. The average Bonchev–Trinajstić information content (AvgIpc) is 2.80. The molecule has 1 aromatic rings. The lowest BCUT2D eigenvalue weighted by atomic mass is 10.1. The molecule has 7 heteroatoms. The number of aliphatic carboxylic acids is 1. The van der Waals surface area contributed by atoms with E-state index < -0.39 is 24.0 Å².